The lowest BCUT2D eigenvalue weighted by Crippen LogP contribution is -2.32. The van der Waals surface area contributed by atoms with Gasteiger partial charge in [0.05, 0.1) is 12.6 Å². The van der Waals surface area contributed by atoms with Gasteiger partial charge >= 0.3 is 6.18 Å². The lowest BCUT2D eigenvalue weighted by Gasteiger charge is -2.17. The van der Waals surface area contributed by atoms with Crippen molar-refractivity contribution < 1.29 is 17.9 Å². The maximum atomic E-state index is 11.7. The molecule has 0 saturated carbocycles. The lowest BCUT2D eigenvalue weighted by molar-refractivity contribution is -0.125. The maximum absolute atomic E-state index is 11.7. The van der Waals surface area contributed by atoms with Crippen molar-refractivity contribution in [2.24, 2.45) is 5.92 Å². The second-order valence-corrected chi connectivity index (χ2v) is 3.63. The van der Waals surface area contributed by atoms with Crippen LogP contribution in [0.4, 0.5) is 13.2 Å². The number of hydrogen-bond donors (Lipinski definition) is 1. The fraction of sp³-hybridized carbons (Fsp3) is 1.00. The highest BCUT2D eigenvalue weighted by Crippen LogP contribution is 2.13. The fourth-order valence-electron chi connectivity index (χ4n) is 1.21. The summed E-state index contributed by atoms with van der Waals surface area (Å²) in [5, 5.41) is 2.37. The molecule has 0 spiro atoms. The molecule has 0 aliphatic heterocycles. The zero-order chi connectivity index (χ0) is 11.2. The van der Waals surface area contributed by atoms with Crippen molar-refractivity contribution in [3.63, 3.8) is 0 Å². The van der Waals surface area contributed by atoms with Crippen LogP contribution in [-0.4, -0.2) is 32.5 Å². The molecule has 0 aliphatic rings. The first kappa shape index (κ1) is 13.7. The van der Waals surface area contributed by atoms with Crippen molar-refractivity contribution in [2.75, 3.05) is 20.2 Å². The molecule has 14 heavy (non-hydrogen) atoms. The zero-order valence-electron chi connectivity index (χ0n) is 8.82. The van der Waals surface area contributed by atoms with E-state index in [1.165, 1.54) is 0 Å². The summed E-state index contributed by atoms with van der Waals surface area (Å²) in [5.74, 6) is 0.187. The van der Waals surface area contributed by atoms with E-state index >= 15 is 0 Å². The van der Waals surface area contributed by atoms with E-state index in [4.69, 9.17) is 4.74 Å². The highest BCUT2D eigenvalue weighted by atomic mass is 19.4. The van der Waals surface area contributed by atoms with Gasteiger partial charge in [-0.25, -0.2) is 0 Å². The van der Waals surface area contributed by atoms with Crippen LogP contribution in [0.25, 0.3) is 0 Å². The van der Waals surface area contributed by atoms with Crippen molar-refractivity contribution in [2.45, 2.75) is 32.5 Å². The molecule has 2 unspecified atom stereocenters. The van der Waals surface area contributed by atoms with Gasteiger partial charge in [0.25, 0.3) is 0 Å². The maximum Gasteiger partial charge on any atom is 0.401 e. The van der Waals surface area contributed by atoms with Crippen LogP contribution in [-0.2, 0) is 4.74 Å². The summed E-state index contributed by atoms with van der Waals surface area (Å²) in [5.41, 5.74) is 0. The average Bonchev–Trinajstić information content (AvgIpc) is 2.01. The van der Waals surface area contributed by atoms with E-state index in [-0.39, 0.29) is 12.0 Å². The van der Waals surface area contributed by atoms with E-state index < -0.39 is 12.7 Å². The molecule has 0 saturated heterocycles. The molecule has 0 aromatic carbocycles. The van der Waals surface area contributed by atoms with Gasteiger partial charge in [-0.3, -0.25) is 0 Å². The van der Waals surface area contributed by atoms with E-state index in [2.05, 4.69) is 5.32 Å². The number of alkyl halides is 3. The summed E-state index contributed by atoms with van der Waals surface area (Å²) in [4.78, 5) is 0. The quantitative estimate of drug-likeness (QED) is 0.730. The summed E-state index contributed by atoms with van der Waals surface area (Å²) in [6.07, 6.45) is -3.26. The Morgan fingerprint density at radius 2 is 1.86 bits per heavy atom. The average molecular weight is 213 g/mol. The number of methoxy groups -OCH3 is 1. The van der Waals surface area contributed by atoms with Crippen LogP contribution in [0.1, 0.15) is 20.3 Å². The number of nitrogens with one attached hydrogen (secondary N) is 1. The molecular formula is C9H18F3NO. The first-order chi connectivity index (χ1) is 6.35. The molecule has 0 aliphatic carbocycles. The lowest BCUT2D eigenvalue weighted by atomic mass is 10.0. The van der Waals surface area contributed by atoms with Crippen molar-refractivity contribution in [3.8, 4) is 0 Å². The third kappa shape index (κ3) is 8.31. The SMILES string of the molecule is COC(C)CC(C)CNCC(F)(F)F. The highest BCUT2D eigenvalue weighted by molar-refractivity contribution is 4.63. The van der Waals surface area contributed by atoms with E-state index in [1.807, 2.05) is 13.8 Å². The van der Waals surface area contributed by atoms with Crippen LogP contribution < -0.4 is 5.32 Å². The van der Waals surface area contributed by atoms with Gasteiger partial charge in [0.1, 0.15) is 0 Å². The first-order valence-corrected chi connectivity index (χ1v) is 4.65. The number of rotatable bonds is 6. The molecule has 2 nitrogen and oxygen atoms in total. The van der Waals surface area contributed by atoms with Gasteiger partial charge in [0.15, 0.2) is 0 Å². The molecule has 0 amide bonds. The molecule has 0 fully saturated rings. The van der Waals surface area contributed by atoms with E-state index in [0.717, 1.165) is 6.42 Å². The third-order valence-electron chi connectivity index (χ3n) is 1.95. The van der Waals surface area contributed by atoms with Crippen molar-refractivity contribution in [1.29, 1.82) is 0 Å². The minimum atomic E-state index is -4.12. The van der Waals surface area contributed by atoms with Crippen molar-refractivity contribution in [3.05, 3.63) is 0 Å². The van der Waals surface area contributed by atoms with Gasteiger partial charge in [-0.05, 0) is 25.8 Å². The van der Waals surface area contributed by atoms with E-state index in [0.29, 0.717) is 6.54 Å². The van der Waals surface area contributed by atoms with Crippen LogP contribution in [0.5, 0.6) is 0 Å². The van der Waals surface area contributed by atoms with Crippen LogP contribution in [0.2, 0.25) is 0 Å². The zero-order valence-corrected chi connectivity index (χ0v) is 8.82. The molecule has 0 radical (unpaired) electrons. The largest absolute Gasteiger partial charge is 0.401 e. The Hall–Kier alpha value is -0.290. The molecule has 0 rings (SSSR count). The molecule has 0 aromatic heterocycles. The van der Waals surface area contributed by atoms with Crippen molar-refractivity contribution in [1.82, 2.24) is 5.32 Å². The Bertz CT molecular complexity index is 149. The van der Waals surface area contributed by atoms with E-state index in [9.17, 15) is 13.2 Å². The molecule has 0 bridgehead atoms. The minimum Gasteiger partial charge on any atom is -0.382 e. The number of hydrogen-bond acceptors (Lipinski definition) is 2. The summed E-state index contributed by atoms with van der Waals surface area (Å²) >= 11 is 0. The molecule has 5 heteroatoms. The third-order valence-corrected chi connectivity index (χ3v) is 1.95. The number of halogens is 3. The summed E-state index contributed by atoms with van der Waals surface area (Å²) in [6, 6.07) is 0. The van der Waals surface area contributed by atoms with Crippen LogP contribution in [0.15, 0.2) is 0 Å². The minimum absolute atomic E-state index is 0.0951. The highest BCUT2D eigenvalue weighted by Gasteiger charge is 2.26. The second-order valence-electron chi connectivity index (χ2n) is 3.63. The Morgan fingerprint density at radius 3 is 2.29 bits per heavy atom. The van der Waals surface area contributed by atoms with Crippen LogP contribution >= 0.6 is 0 Å². The van der Waals surface area contributed by atoms with Crippen LogP contribution in [0, 0.1) is 5.92 Å². The molecule has 0 aromatic rings. The molecule has 2 atom stereocenters. The van der Waals surface area contributed by atoms with Gasteiger partial charge in [-0.15, -0.1) is 0 Å². The van der Waals surface area contributed by atoms with Crippen molar-refractivity contribution >= 4 is 0 Å². The van der Waals surface area contributed by atoms with Gasteiger partial charge in [0, 0.05) is 7.11 Å². The molecule has 86 valence electrons. The Morgan fingerprint density at radius 1 is 1.29 bits per heavy atom. The summed E-state index contributed by atoms with van der Waals surface area (Å²) < 4.78 is 40.3. The molecule has 1 N–H and O–H groups in total. The van der Waals surface area contributed by atoms with Gasteiger partial charge in [0.2, 0.25) is 0 Å². The Balaban J connectivity index is 3.49. The van der Waals surface area contributed by atoms with E-state index in [1.54, 1.807) is 7.11 Å². The monoisotopic (exact) mass is 213 g/mol. The normalized spacial score (nSPS) is 16.7. The molecular weight excluding hydrogens is 195 g/mol. The van der Waals surface area contributed by atoms with Gasteiger partial charge in [-0.1, -0.05) is 6.92 Å². The van der Waals surface area contributed by atoms with Gasteiger partial charge in [-0.2, -0.15) is 13.2 Å². The standard InChI is InChI=1S/C9H18F3NO/c1-7(4-8(2)14-3)5-13-6-9(10,11)12/h7-8,13H,4-6H2,1-3H3. The van der Waals surface area contributed by atoms with Crippen LogP contribution in [0.3, 0.4) is 0 Å². The summed E-state index contributed by atoms with van der Waals surface area (Å²) in [6.45, 7) is 3.26. The first-order valence-electron chi connectivity index (χ1n) is 4.65. The Kier molecular flexibility index (Phi) is 6.11. The summed E-state index contributed by atoms with van der Waals surface area (Å²) in [7, 11) is 1.60. The Labute approximate surface area is 82.8 Å². The number of ether oxygens (including phenoxy) is 1. The van der Waals surface area contributed by atoms with Gasteiger partial charge < -0.3 is 10.1 Å². The topological polar surface area (TPSA) is 21.3 Å². The fourth-order valence-corrected chi connectivity index (χ4v) is 1.21. The smallest absolute Gasteiger partial charge is 0.382 e. The predicted molar refractivity (Wildman–Crippen MR) is 49.2 cm³/mol. The second kappa shape index (κ2) is 6.24. The predicted octanol–water partition coefficient (Wildman–Crippen LogP) is 2.20. The molecule has 0 heterocycles.